The summed E-state index contributed by atoms with van der Waals surface area (Å²) in [5, 5.41) is 0. The molecule has 1 aromatic rings. The molecular weight excluding hydrogens is 233 g/mol. The topological polar surface area (TPSA) is 50.5 Å². The van der Waals surface area contributed by atoms with Crippen LogP contribution in [0.5, 0.6) is 5.75 Å². The van der Waals surface area contributed by atoms with Crippen molar-refractivity contribution < 1.29 is 9.13 Å². The van der Waals surface area contributed by atoms with Crippen molar-refractivity contribution in [2.24, 2.45) is 5.84 Å². The number of benzene rings is 1. The van der Waals surface area contributed by atoms with Gasteiger partial charge in [0.1, 0.15) is 0 Å². The van der Waals surface area contributed by atoms with Gasteiger partial charge in [0.15, 0.2) is 11.6 Å². The van der Waals surface area contributed by atoms with Gasteiger partial charge >= 0.3 is 0 Å². The van der Waals surface area contributed by atoms with Gasteiger partial charge < -0.3 is 9.64 Å². The molecule has 4 nitrogen and oxygen atoms in total. The van der Waals surface area contributed by atoms with Gasteiger partial charge in [-0.15, -0.1) is 0 Å². The number of methoxy groups -OCH3 is 1. The zero-order valence-electron chi connectivity index (χ0n) is 11.6. The molecule has 0 fully saturated rings. The monoisotopic (exact) mass is 255 g/mol. The third-order valence-corrected chi connectivity index (χ3v) is 3.55. The van der Waals surface area contributed by atoms with Crippen molar-refractivity contribution in [1.82, 2.24) is 10.3 Å². The second kappa shape index (κ2) is 5.65. The quantitative estimate of drug-likeness (QED) is 0.621. The average Bonchev–Trinajstić information content (AvgIpc) is 2.31. The van der Waals surface area contributed by atoms with E-state index in [9.17, 15) is 4.39 Å². The van der Waals surface area contributed by atoms with E-state index in [1.54, 1.807) is 18.2 Å². The van der Waals surface area contributed by atoms with Crippen LogP contribution in [0.3, 0.4) is 0 Å². The summed E-state index contributed by atoms with van der Waals surface area (Å²) in [7, 11) is 5.31. The molecule has 0 aliphatic carbocycles. The highest BCUT2D eigenvalue weighted by Crippen LogP contribution is 2.33. The lowest BCUT2D eigenvalue weighted by Gasteiger charge is -2.40. The molecule has 0 heterocycles. The average molecular weight is 255 g/mol. The van der Waals surface area contributed by atoms with E-state index < -0.39 is 0 Å². The van der Waals surface area contributed by atoms with Crippen LogP contribution in [0.1, 0.15) is 25.5 Å². The Morgan fingerprint density at radius 3 is 2.44 bits per heavy atom. The van der Waals surface area contributed by atoms with E-state index >= 15 is 0 Å². The molecule has 1 unspecified atom stereocenters. The van der Waals surface area contributed by atoms with E-state index in [2.05, 4.69) is 5.43 Å². The van der Waals surface area contributed by atoms with E-state index in [0.29, 0.717) is 5.56 Å². The van der Waals surface area contributed by atoms with Gasteiger partial charge in [-0.3, -0.25) is 11.3 Å². The lowest BCUT2D eigenvalue weighted by atomic mass is 9.87. The highest BCUT2D eigenvalue weighted by Gasteiger charge is 2.34. The summed E-state index contributed by atoms with van der Waals surface area (Å²) in [6.45, 7) is 3.99. The fraction of sp³-hybridized carbons (Fsp3) is 0.538. The van der Waals surface area contributed by atoms with Crippen LogP contribution in [0.15, 0.2) is 18.2 Å². The van der Waals surface area contributed by atoms with Crippen molar-refractivity contribution in [2.45, 2.75) is 25.4 Å². The second-order valence-electron chi connectivity index (χ2n) is 5.01. The minimum atomic E-state index is -0.377. The van der Waals surface area contributed by atoms with Crippen LogP contribution in [0.25, 0.3) is 0 Å². The summed E-state index contributed by atoms with van der Waals surface area (Å²) in [5.74, 6) is 5.45. The van der Waals surface area contributed by atoms with Crippen molar-refractivity contribution >= 4 is 0 Å². The van der Waals surface area contributed by atoms with Gasteiger partial charge in [-0.25, -0.2) is 4.39 Å². The van der Waals surface area contributed by atoms with Crippen LogP contribution in [0, 0.1) is 5.82 Å². The Bertz CT molecular complexity index is 407. The Morgan fingerprint density at radius 2 is 2.00 bits per heavy atom. The molecule has 1 rings (SSSR count). The van der Waals surface area contributed by atoms with Crippen LogP contribution in [-0.4, -0.2) is 31.6 Å². The number of rotatable bonds is 5. The van der Waals surface area contributed by atoms with Gasteiger partial charge in [-0.05, 0) is 34.0 Å². The molecule has 1 atom stereocenters. The zero-order chi connectivity index (χ0) is 13.9. The molecule has 0 saturated carbocycles. The first-order valence-corrected chi connectivity index (χ1v) is 5.82. The Balaban J connectivity index is 3.26. The molecule has 0 spiro atoms. The molecule has 18 heavy (non-hydrogen) atoms. The van der Waals surface area contributed by atoms with Gasteiger partial charge in [-0.1, -0.05) is 12.1 Å². The smallest absolute Gasteiger partial charge is 0.169 e. The number of nitrogens with two attached hydrogens (primary N) is 1. The second-order valence-corrected chi connectivity index (χ2v) is 5.01. The van der Waals surface area contributed by atoms with Crippen molar-refractivity contribution in [3.05, 3.63) is 29.6 Å². The molecule has 0 bridgehead atoms. The van der Waals surface area contributed by atoms with Crippen molar-refractivity contribution in [3.8, 4) is 5.75 Å². The largest absolute Gasteiger partial charge is 0.494 e. The standard InChI is InChI=1S/C13H22FN3O/c1-13(2,17(3)4)12(16-15)9-7-6-8-10(18-5)11(9)14/h6-8,12,16H,15H2,1-5H3. The van der Waals surface area contributed by atoms with Crippen molar-refractivity contribution in [2.75, 3.05) is 21.2 Å². The number of nitrogens with one attached hydrogen (secondary N) is 1. The highest BCUT2D eigenvalue weighted by molar-refractivity contribution is 5.34. The van der Waals surface area contributed by atoms with Gasteiger partial charge in [0.2, 0.25) is 0 Å². The predicted octanol–water partition coefficient (Wildman–Crippen LogP) is 1.68. The fourth-order valence-corrected chi connectivity index (χ4v) is 1.84. The Labute approximate surface area is 108 Å². The van der Waals surface area contributed by atoms with E-state index in [4.69, 9.17) is 10.6 Å². The summed E-state index contributed by atoms with van der Waals surface area (Å²) in [4.78, 5) is 2.00. The maximum absolute atomic E-state index is 14.3. The lowest BCUT2D eigenvalue weighted by Crippen LogP contribution is -2.51. The van der Waals surface area contributed by atoms with Crippen LogP contribution in [-0.2, 0) is 0 Å². The van der Waals surface area contributed by atoms with Crippen LogP contribution in [0.2, 0.25) is 0 Å². The van der Waals surface area contributed by atoms with E-state index in [-0.39, 0.29) is 23.1 Å². The molecule has 0 aromatic heterocycles. The number of likely N-dealkylation sites (N-methyl/N-ethyl adjacent to an activating group) is 1. The minimum Gasteiger partial charge on any atom is -0.494 e. The van der Waals surface area contributed by atoms with Crippen molar-refractivity contribution in [3.63, 3.8) is 0 Å². The molecule has 0 aliphatic rings. The van der Waals surface area contributed by atoms with Gasteiger partial charge in [-0.2, -0.15) is 0 Å². The van der Waals surface area contributed by atoms with Gasteiger partial charge in [0, 0.05) is 11.1 Å². The van der Waals surface area contributed by atoms with Crippen LogP contribution < -0.4 is 16.0 Å². The first-order valence-electron chi connectivity index (χ1n) is 5.82. The van der Waals surface area contributed by atoms with Crippen LogP contribution in [0.4, 0.5) is 4.39 Å². The summed E-state index contributed by atoms with van der Waals surface area (Å²) in [6, 6.07) is 4.72. The summed E-state index contributed by atoms with van der Waals surface area (Å²) < 4.78 is 19.3. The maximum Gasteiger partial charge on any atom is 0.169 e. The number of hydrogen-bond donors (Lipinski definition) is 2. The molecule has 0 radical (unpaired) electrons. The maximum atomic E-state index is 14.3. The lowest BCUT2D eigenvalue weighted by molar-refractivity contribution is 0.135. The fourth-order valence-electron chi connectivity index (χ4n) is 1.84. The first-order chi connectivity index (χ1) is 8.36. The van der Waals surface area contributed by atoms with Gasteiger partial charge in [0.25, 0.3) is 0 Å². The summed E-state index contributed by atoms with van der Waals surface area (Å²) >= 11 is 0. The number of hydrazine groups is 1. The third-order valence-electron chi connectivity index (χ3n) is 3.55. The molecule has 3 N–H and O–H groups in total. The summed E-state index contributed by atoms with van der Waals surface area (Å²) in [5.41, 5.74) is 2.85. The molecule has 5 heteroatoms. The Hall–Kier alpha value is -1.17. The predicted molar refractivity (Wildman–Crippen MR) is 70.8 cm³/mol. The molecule has 0 aliphatic heterocycles. The minimum absolute atomic E-state index is 0.224. The molecule has 102 valence electrons. The number of nitrogens with zero attached hydrogens (tertiary/aromatic N) is 1. The van der Waals surface area contributed by atoms with E-state index in [1.807, 2.05) is 32.8 Å². The van der Waals surface area contributed by atoms with Crippen LogP contribution >= 0.6 is 0 Å². The molecule has 0 saturated heterocycles. The molecular formula is C13H22FN3O. The SMILES string of the molecule is COc1cccc(C(NN)C(C)(C)N(C)C)c1F. The van der Waals surface area contributed by atoms with E-state index in [1.165, 1.54) is 7.11 Å². The third kappa shape index (κ3) is 2.63. The Kier molecular flexibility index (Phi) is 4.67. The van der Waals surface area contributed by atoms with Crippen molar-refractivity contribution in [1.29, 1.82) is 0 Å². The normalized spacial score (nSPS) is 13.8. The van der Waals surface area contributed by atoms with E-state index in [0.717, 1.165) is 0 Å². The number of hydrogen-bond acceptors (Lipinski definition) is 4. The summed E-state index contributed by atoms with van der Waals surface area (Å²) in [6.07, 6.45) is 0. The highest BCUT2D eigenvalue weighted by atomic mass is 19.1. The zero-order valence-corrected chi connectivity index (χ0v) is 11.6. The first kappa shape index (κ1) is 14.9. The Morgan fingerprint density at radius 1 is 1.39 bits per heavy atom. The number of halogens is 1. The van der Waals surface area contributed by atoms with Gasteiger partial charge in [0.05, 0.1) is 13.2 Å². The number of ether oxygens (including phenoxy) is 1. The molecule has 1 aromatic carbocycles. The molecule has 0 amide bonds.